The minimum absolute atomic E-state index is 0. The molecule has 1 aliphatic heterocycles. The average molecular weight is 258 g/mol. The molecule has 1 aliphatic rings. The minimum Gasteiger partial charge on any atom is -0.395 e. The molecule has 4 heteroatoms. The number of hydrogen-bond donors (Lipinski definition) is 2. The Bertz CT molecular complexity index is 382. The van der Waals surface area contributed by atoms with Crippen LogP contribution >= 0.6 is 12.4 Å². The van der Waals surface area contributed by atoms with Crippen molar-refractivity contribution in [2.75, 3.05) is 19.8 Å². The van der Waals surface area contributed by atoms with E-state index in [1.54, 1.807) is 0 Å². The number of halogens is 1. The molecule has 1 heterocycles. The van der Waals surface area contributed by atoms with E-state index in [0.717, 1.165) is 0 Å². The molecule has 0 saturated carbocycles. The van der Waals surface area contributed by atoms with Crippen molar-refractivity contribution in [3.63, 3.8) is 0 Å². The Kier molecular flexibility index (Phi) is 5.40. The summed E-state index contributed by atoms with van der Waals surface area (Å²) in [6.45, 7) is 6.46. The van der Waals surface area contributed by atoms with Gasteiger partial charge < -0.3 is 15.2 Å². The van der Waals surface area contributed by atoms with Gasteiger partial charge in [-0.05, 0) is 36.1 Å². The van der Waals surface area contributed by atoms with Crippen molar-refractivity contribution >= 4 is 12.4 Å². The van der Waals surface area contributed by atoms with Gasteiger partial charge in [0.05, 0.1) is 25.9 Å². The zero-order valence-electron chi connectivity index (χ0n) is 10.3. The van der Waals surface area contributed by atoms with Gasteiger partial charge in [-0.2, -0.15) is 0 Å². The Balaban J connectivity index is 0.00000144. The normalized spacial score (nSPS) is 18.4. The van der Waals surface area contributed by atoms with Crippen LogP contribution in [0.3, 0.4) is 0 Å². The minimum atomic E-state index is 0. The maximum absolute atomic E-state index is 8.87. The fourth-order valence-electron chi connectivity index (χ4n) is 2.27. The molecule has 1 aromatic carbocycles. The van der Waals surface area contributed by atoms with Crippen molar-refractivity contribution in [1.82, 2.24) is 5.32 Å². The van der Waals surface area contributed by atoms with Gasteiger partial charge in [0.1, 0.15) is 0 Å². The zero-order valence-corrected chi connectivity index (χ0v) is 11.1. The largest absolute Gasteiger partial charge is 0.395 e. The summed E-state index contributed by atoms with van der Waals surface area (Å²) in [5.74, 6) is 0. The molecule has 0 aromatic heterocycles. The summed E-state index contributed by atoms with van der Waals surface area (Å²) in [5.41, 5.74) is 5.29. The first kappa shape index (κ1) is 14.5. The summed E-state index contributed by atoms with van der Waals surface area (Å²) in [7, 11) is 0. The number of nitrogens with one attached hydrogen (secondary N) is 1. The molecule has 3 nitrogen and oxygen atoms in total. The average Bonchev–Trinajstić information content (AvgIpc) is 2.31. The summed E-state index contributed by atoms with van der Waals surface area (Å²) in [6, 6.07) is 4.51. The Morgan fingerprint density at radius 1 is 1.41 bits per heavy atom. The second-order valence-electron chi connectivity index (χ2n) is 4.33. The molecule has 0 amide bonds. The topological polar surface area (TPSA) is 41.5 Å². The fraction of sp³-hybridized carbons (Fsp3) is 0.538. The van der Waals surface area contributed by atoms with Gasteiger partial charge in [-0.3, -0.25) is 0 Å². The number of aliphatic hydroxyl groups excluding tert-OH is 1. The van der Waals surface area contributed by atoms with Crippen molar-refractivity contribution < 1.29 is 9.84 Å². The van der Waals surface area contributed by atoms with Gasteiger partial charge in [0, 0.05) is 6.54 Å². The maximum Gasteiger partial charge on any atom is 0.0721 e. The Morgan fingerprint density at radius 2 is 2.18 bits per heavy atom. The van der Waals surface area contributed by atoms with E-state index in [0.29, 0.717) is 19.8 Å². The third kappa shape index (κ3) is 2.99. The highest BCUT2D eigenvalue weighted by atomic mass is 35.5. The van der Waals surface area contributed by atoms with Crippen molar-refractivity contribution in [3.8, 4) is 0 Å². The lowest BCUT2D eigenvalue weighted by atomic mass is 9.91. The molecule has 0 spiro atoms. The third-order valence-electron chi connectivity index (χ3n) is 3.27. The van der Waals surface area contributed by atoms with E-state index in [9.17, 15) is 0 Å². The lowest BCUT2D eigenvalue weighted by Gasteiger charge is -2.29. The van der Waals surface area contributed by atoms with Gasteiger partial charge in [-0.15, -0.1) is 12.4 Å². The molecule has 0 aliphatic carbocycles. The maximum atomic E-state index is 8.87. The molecule has 0 radical (unpaired) electrons. The molecule has 0 bridgehead atoms. The van der Waals surface area contributed by atoms with Crippen molar-refractivity contribution in [2.45, 2.75) is 26.5 Å². The molecule has 2 N–H and O–H groups in total. The summed E-state index contributed by atoms with van der Waals surface area (Å²) < 4.78 is 5.56. The van der Waals surface area contributed by atoms with Gasteiger partial charge >= 0.3 is 0 Å². The Morgan fingerprint density at radius 3 is 2.88 bits per heavy atom. The van der Waals surface area contributed by atoms with Gasteiger partial charge in [-0.1, -0.05) is 12.1 Å². The molecule has 1 unspecified atom stereocenters. The van der Waals surface area contributed by atoms with E-state index in [2.05, 4.69) is 31.3 Å². The molecular weight excluding hydrogens is 238 g/mol. The molecule has 1 atom stereocenters. The Labute approximate surface area is 109 Å². The van der Waals surface area contributed by atoms with E-state index in [4.69, 9.17) is 9.84 Å². The highest BCUT2D eigenvalue weighted by Crippen LogP contribution is 2.29. The van der Waals surface area contributed by atoms with Gasteiger partial charge in [0.15, 0.2) is 0 Å². The first-order valence-electron chi connectivity index (χ1n) is 5.75. The molecule has 17 heavy (non-hydrogen) atoms. The van der Waals surface area contributed by atoms with Crippen LogP contribution in [0, 0.1) is 13.8 Å². The van der Waals surface area contributed by atoms with Crippen molar-refractivity contribution in [3.05, 3.63) is 34.4 Å². The van der Waals surface area contributed by atoms with Crippen LogP contribution in [0.25, 0.3) is 0 Å². The number of rotatable bonds is 3. The number of aliphatic hydroxyl groups is 1. The summed E-state index contributed by atoms with van der Waals surface area (Å²) in [5, 5.41) is 12.2. The SMILES string of the molecule is Cc1ccc2c(c1C)C(NCCO)COC2.Cl. The molecule has 2 rings (SSSR count). The van der Waals surface area contributed by atoms with Crippen LogP contribution in [0.1, 0.15) is 28.3 Å². The fourth-order valence-corrected chi connectivity index (χ4v) is 2.27. The van der Waals surface area contributed by atoms with E-state index in [-0.39, 0.29) is 25.1 Å². The summed E-state index contributed by atoms with van der Waals surface area (Å²) in [6.07, 6.45) is 0. The first-order chi connectivity index (χ1) is 7.74. The van der Waals surface area contributed by atoms with Gasteiger partial charge in [-0.25, -0.2) is 0 Å². The lowest BCUT2D eigenvalue weighted by molar-refractivity contribution is 0.0802. The molecule has 96 valence electrons. The highest BCUT2D eigenvalue weighted by molar-refractivity contribution is 5.85. The van der Waals surface area contributed by atoms with E-state index < -0.39 is 0 Å². The van der Waals surface area contributed by atoms with Crippen LogP contribution in [-0.4, -0.2) is 24.9 Å². The number of ether oxygens (including phenoxy) is 1. The summed E-state index contributed by atoms with van der Waals surface area (Å²) >= 11 is 0. The van der Waals surface area contributed by atoms with Crippen molar-refractivity contribution in [2.24, 2.45) is 0 Å². The number of aryl methyl sites for hydroxylation is 1. The highest BCUT2D eigenvalue weighted by Gasteiger charge is 2.22. The molecule has 1 aromatic rings. The number of hydrogen-bond acceptors (Lipinski definition) is 3. The number of benzene rings is 1. The Hall–Kier alpha value is -0.610. The predicted molar refractivity (Wildman–Crippen MR) is 70.6 cm³/mol. The second kappa shape index (κ2) is 6.36. The number of fused-ring (bicyclic) bond motifs is 1. The summed E-state index contributed by atoms with van der Waals surface area (Å²) in [4.78, 5) is 0. The quantitative estimate of drug-likeness (QED) is 0.869. The van der Waals surface area contributed by atoms with Crippen LogP contribution in [0.5, 0.6) is 0 Å². The molecule has 0 saturated heterocycles. The predicted octanol–water partition coefficient (Wildman–Crippen LogP) is 1.88. The van der Waals surface area contributed by atoms with E-state index >= 15 is 0 Å². The van der Waals surface area contributed by atoms with Crippen LogP contribution in [-0.2, 0) is 11.3 Å². The van der Waals surface area contributed by atoms with Crippen LogP contribution in [0.15, 0.2) is 12.1 Å². The lowest BCUT2D eigenvalue weighted by Crippen LogP contribution is -2.32. The third-order valence-corrected chi connectivity index (χ3v) is 3.27. The monoisotopic (exact) mass is 257 g/mol. The second-order valence-corrected chi connectivity index (χ2v) is 4.33. The first-order valence-corrected chi connectivity index (χ1v) is 5.75. The van der Waals surface area contributed by atoms with Crippen LogP contribution < -0.4 is 5.32 Å². The van der Waals surface area contributed by atoms with Crippen molar-refractivity contribution in [1.29, 1.82) is 0 Å². The standard InChI is InChI=1S/C13H19NO2.ClH/c1-9-3-4-11-7-16-8-12(14-5-6-15)13(11)10(9)2;/h3-4,12,14-15H,5-8H2,1-2H3;1H. The van der Waals surface area contributed by atoms with E-state index in [1.807, 2.05) is 0 Å². The molecular formula is C13H20ClNO2. The smallest absolute Gasteiger partial charge is 0.0721 e. The van der Waals surface area contributed by atoms with E-state index in [1.165, 1.54) is 22.3 Å². The molecule has 0 fully saturated rings. The zero-order chi connectivity index (χ0) is 11.5. The van der Waals surface area contributed by atoms with Crippen LogP contribution in [0.2, 0.25) is 0 Å². The van der Waals surface area contributed by atoms with Crippen LogP contribution in [0.4, 0.5) is 0 Å². The van der Waals surface area contributed by atoms with Gasteiger partial charge in [0.25, 0.3) is 0 Å². The van der Waals surface area contributed by atoms with Gasteiger partial charge in [0.2, 0.25) is 0 Å².